The van der Waals surface area contributed by atoms with Crippen molar-refractivity contribution in [2.75, 3.05) is 5.32 Å². The van der Waals surface area contributed by atoms with E-state index in [1.165, 1.54) is 0 Å². The van der Waals surface area contributed by atoms with E-state index in [1.807, 2.05) is 19.9 Å². The molecule has 1 atom stereocenters. The van der Waals surface area contributed by atoms with Gasteiger partial charge >= 0.3 is 0 Å². The summed E-state index contributed by atoms with van der Waals surface area (Å²) in [6, 6.07) is 4.93. The van der Waals surface area contributed by atoms with Crippen molar-refractivity contribution in [3.8, 4) is 0 Å². The molecular weight excluding hydrogens is 224 g/mol. The number of benzene rings is 1. The zero-order valence-corrected chi connectivity index (χ0v) is 10.3. The summed E-state index contributed by atoms with van der Waals surface area (Å²) in [7, 11) is 0. The van der Waals surface area contributed by atoms with Crippen LogP contribution in [-0.2, 0) is 4.79 Å². The van der Waals surface area contributed by atoms with Gasteiger partial charge in [0.2, 0.25) is 5.91 Å². The maximum atomic E-state index is 11.7. The molecule has 1 rings (SSSR count). The molecule has 1 aromatic rings. The molecule has 0 heterocycles. The SMILES string of the molecule is CCC[C@H](N)C(=O)Nc1cc(Cl)ccc1C. The minimum Gasteiger partial charge on any atom is -0.324 e. The van der Waals surface area contributed by atoms with Crippen LogP contribution in [0.3, 0.4) is 0 Å². The van der Waals surface area contributed by atoms with Crippen LogP contribution in [0.4, 0.5) is 5.69 Å². The first kappa shape index (κ1) is 13.0. The molecule has 0 radical (unpaired) electrons. The molecular formula is C12H17ClN2O. The Balaban J connectivity index is 2.72. The number of aryl methyl sites for hydroxylation is 1. The van der Waals surface area contributed by atoms with Crippen LogP contribution < -0.4 is 11.1 Å². The third-order valence-corrected chi connectivity index (χ3v) is 2.63. The van der Waals surface area contributed by atoms with E-state index in [0.29, 0.717) is 11.4 Å². The zero-order valence-electron chi connectivity index (χ0n) is 9.59. The molecule has 1 amide bonds. The maximum Gasteiger partial charge on any atom is 0.241 e. The highest BCUT2D eigenvalue weighted by Crippen LogP contribution is 2.20. The van der Waals surface area contributed by atoms with Gasteiger partial charge in [0.25, 0.3) is 0 Å². The molecule has 0 aromatic heterocycles. The lowest BCUT2D eigenvalue weighted by Gasteiger charge is -2.13. The average Bonchev–Trinajstić information content (AvgIpc) is 2.23. The summed E-state index contributed by atoms with van der Waals surface area (Å²) in [5, 5.41) is 3.39. The average molecular weight is 241 g/mol. The lowest BCUT2D eigenvalue weighted by atomic mass is 10.1. The van der Waals surface area contributed by atoms with E-state index < -0.39 is 6.04 Å². The lowest BCUT2D eigenvalue weighted by Crippen LogP contribution is -2.35. The van der Waals surface area contributed by atoms with Gasteiger partial charge in [-0.25, -0.2) is 0 Å². The van der Waals surface area contributed by atoms with Crippen LogP contribution in [-0.4, -0.2) is 11.9 Å². The number of amides is 1. The van der Waals surface area contributed by atoms with Crippen LogP contribution in [0.2, 0.25) is 5.02 Å². The standard InChI is InChI=1S/C12H17ClN2O/c1-3-4-10(14)12(16)15-11-7-9(13)6-5-8(11)2/h5-7,10H,3-4,14H2,1-2H3,(H,15,16)/t10-/m0/s1. The molecule has 3 nitrogen and oxygen atoms in total. The van der Waals surface area contributed by atoms with E-state index in [-0.39, 0.29) is 5.91 Å². The monoisotopic (exact) mass is 240 g/mol. The first-order valence-corrected chi connectivity index (χ1v) is 5.75. The molecule has 0 unspecified atom stereocenters. The Morgan fingerprint density at radius 1 is 1.56 bits per heavy atom. The minimum absolute atomic E-state index is 0.160. The summed E-state index contributed by atoms with van der Waals surface area (Å²) >= 11 is 5.86. The molecule has 0 bridgehead atoms. The molecule has 0 aliphatic rings. The van der Waals surface area contributed by atoms with Gasteiger partial charge in [-0.05, 0) is 31.0 Å². The number of hydrogen-bond acceptors (Lipinski definition) is 2. The Bertz CT molecular complexity index is 379. The lowest BCUT2D eigenvalue weighted by molar-refractivity contribution is -0.117. The second-order valence-corrected chi connectivity index (χ2v) is 4.28. The van der Waals surface area contributed by atoms with E-state index in [1.54, 1.807) is 12.1 Å². The van der Waals surface area contributed by atoms with Crippen molar-refractivity contribution in [1.29, 1.82) is 0 Å². The van der Waals surface area contributed by atoms with Crippen molar-refractivity contribution in [2.45, 2.75) is 32.7 Å². The quantitative estimate of drug-likeness (QED) is 0.850. The smallest absolute Gasteiger partial charge is 0.241 e. The number of nitrogens with two attached hydrogens (primary N) is 1. The number of hydrogen-bond donors (Lipinski definition) is 2. The van der Waals surface area contributed by atoms with Crippen LogP contribution >= 0.6 is 11.6 Å². The molecule has 1 aromatic carbocycles. The summed E-state index contributed by atoms with van der Waals surface area (Å²) < 4.78 is 0. The van der Waals surface area contributed by atoms with Gasteiger partial charge in [0.15, 0.2) is 0 Å². The van der Waals surface area contributed by atoms with Crippen LogP contribution in [0.25, 0.3) is 0 Å². The van der Waals surface area contributed by atoms with Gasteiger partial charge in [-0.3, -0.25) is 4.79 Å². The Hall–Kier alpha value is -1.06. The normalized spacial score (nSPS) is 12.2. The van der Waals surface area contributed by atoms with Gasteiger partial charge < -0.3 is 11.1 Å². The van der Waals surface area contributed by atoms with Gasteiger partial charge in [0, 0.05) is 10.7 Å². The first-order valence-electron chi connectivity index (χ1n) is 5.37. The Morgan fingerprint density at radius 2 is 2.25 bits per heavy atom. The number of halogens is 1. The summed E-state index contributed by atoms with van der Waals surface area (Å²) in [5.41, 5.74) is 7.42. The van der Waals surface area contributed by atoms with E-state index in [0.717, 1.165) is 17.7 Å². The first-order chi connectivity index (χ1) is 7.54. The van der Waals surface area contributed by atoms with Crippen molar-refractivity contribution in [2.24, 2.45) is 5.73 Å². The predicted octanol–water partition coefficient (Wildman–Crippen LogP) is 2.71. The summed E-state index contributed by atoms with van der Waals surface area (Å²) in [4.78, 5) is 11.7. The third-order valence-electron chi connectivity index (χ3n) is 2.39. The van der Waals surface area contributed by atoms with Crippen molar-refractivity contribution in [3.63, 3.8) is 0 Å². The summed E-state index contributed by atoms with van der Waals surface area (Å²) in [6.07, 6.45) is 1.58. The highest BCUT2D eigenvalue weighted by atomic mass is 35.5. The highest BCUT2D eigenvalue weighted by molar-refractivity contribution is 6.31. The fraction of sp³-hybridized carbons (Fsp3) is 0.417. The Kier molecular flexibility index (Phi) is 4.77. The molecule has 88 valence electrons. The van der Waals surface area contributed by atoms with Gasteiger partial charge in [-0.15, -0.1) is 0 Å². The second kappa shape index (κ2) is 5.87. The Morgan fingerprint density at radius 3 is 2.88 bits per heavy atom. The summed E-state index contributed by atoms with van der Waals surface area (Å²) in [6.45, 7) is 3.91. The number of rotatable bonds is 4. The van der Waals surface area contributed by atoms with E-state index >= 15 is 0 Å². The summed E-state index contributed by atoms with van der Waals surface area (Å²) in [5.74, 6) is -0.160. The van der Waals surface area contributed by atoms with Crippen LogP contribution in [0.1, 0.15) is 25.3 Å². The second-order valence-electron chi connectivity index (χ2n) is 3.84. The number of anilines is 1. The van der Waals surface area contributed by atoms with E-state index in [4.69, 9.17) is 17.3 Å². The Labute approximate surface area is 101 Å². The van der Waals surface area contributed by atoms with E-state index in [9.17, 15) is 4.79 Å². The molecule has 0 fully saturated rings. The molecule has 0 saturated heterocycles. The largest absolute Gasteiger partial charge is 0.324 e. The van der Waals surface area contributed by atoms with Gasteiger partial charge in [0.05, 0.1) is 6.04 Å². The highest BCUT2D eigenvalue weighted by Gasteiger charge is 2.13. The van der Waals surface area contributed by atoms with Crippen LogP contribution in [0, 0.1) is 6.92 Å². The fourth-order valence-corrected chi connectivity index (χ4v) is 1.57. The van der Waals surface area contributed by atoms with Gasteiger partial charge in [-0.2, -0.15) is 0 Å². The van der Waals surface area contributed by atoms with Crippen molar-refractivity contribution >= 4 is 23.2 Å². The fourth-order valence-electron chi connectivity index (χ4n) is 1.40. The maximum absolute atomic E-state index is 11.7. The molecule has 3 N–H and O–H groups in total. The van der Waals surface area contributed by atoms with Crippen molar-refractivity contribution < 1.29 is 4.79 Å². The van der Waals surface area contributed by atoms with E-state index in [2.05, 4.69) is 5.32 Å². The predicted molar refractivity (Wildman–Crippen MR) is 67.7 cm³/mol. The molecule has 16 heavy (non-hydrogen) atoms. The van der Waals surface area contributed by atoms with Gasteiger partial charge in [0.1, 0.15) is 0 Å². The zero-order chi connectivity index (χ0) is 12.1. The number of carbonyl (C=O) groups excluding carboxylic acids is 1. The molecule has 0 aliphatic heterocycles. The molecule has 4 heteroatoms. The molecule has 0 saturated carbocycles. The van der Waals surface area contributed by atoms with Crippen molar-refractivity contribution in [1.82, 2.24) is 0 Å². The number of carbonyl (C=O) groups is 1. The minimum atomic E-state index is -0.455. The topological polar surface area (TPSA) is 55.1 Å². The van der Waals surface area contributed by atoms with Crippen LogP contribution in [0.5, 0.6) is 0 Å². The van der Waals surface area contributed by atoms with Crippen molar-refractivity contribution in [3.05, 3.63) is 28.8 Å². The molecule has 0 spiro atoms. The molecule has 0 aliphatic carbocycles. The van der Waals surface area contributed by atoms with Crippen LogP contribution in [0.15, 0.2) is 18.2 Å². The number of nitrogens with one attached hydrogen (secondary N) is 1. The third kappa shape index (κ3) is 3.51. The van der Waals surface area contributed by atoms with Gasteiger partial charge in [-0.1, -0.05) is 31.0 Å².